The third kappa shape index (κ3) is 2.71. The summed E-state index contributed by atoms with van der Waals surface area (Å²) in [5.74, 6) is 0.576. The molecule has 0 saturated carbocycles. The van der Waals surface area contributed by atoms with E-state index in [0.717, 1.165) is 11.5 Å². The molecule has 122 valence electrons. The molecule has 0 aromatic carbocycles. The van der Waals surface area contributed by atoms with Crippen molar-refractivity contribution in [2.75, 3.05) is 30.4 Å². The molecule has 3 rings (SSSR count). The Morgan fingerprint density at radius 1 is 1.35 bits per heavy atom. The second-order valence-corrected chi connectivity index (χ2v) is 5.74. The zero-order valence-corrected chi connectivity index (χ0v) is 13.2. The number of aryl methyl sites for hydroxylation is 1. The summed E-state index contributed by atoms with van der Waals surface area (Å²) in [4.78, 5) is 26.8. The molecule has 3 heterocycles. The SMILES string of the molecule is CNc1cc(C)nc(N2CCC(C(=O)O)(n3ccnc3)CC2)n1. The number of imidazole rings is 1. The number of nitrogens with one attached hydrogen (secondary N) is 1. The van der Waals surface area contributed by atoms with Crippen LogP contribution in [0.4, 0.5) is 11.8 Å². The van der Waals surface area contributed by atoms with E-state index in [1.165, 1.54) is 0 Å². The minimum absolute atomic E-state index is 0.477. The highest BCUT2D eigenvalue weighted by Gasteiger charge is 2.43. The molecule has 2 aromatic rings. The minimum atomic E-state index is -0.942. The van der Waals surface area contributed by atoms with Crippen LogP contribution in [0.25, 0.3) is 0 Å². The number of hydrogen-bond donors (Lipinski definition) is 2. The lowest BCUT2D eigenvalue weighted by atomic mass is 9.87. The van der Waals surface area contributed by atoms with Gasteiger partial charge < -0.3 is 19.9 Å². The Kier molecular flexibility index (Phi) is 3.89. The number of aliphatic carboxylic acids is 1. The van der Waals surface area contributed by atoms with Gasteiger partial charge in [-0.3, -0.25) is 0 Å². The van der Waals surface area contributed by atoms with Crippen molar-refractivity contribution >= 4 is 17.7 Å². The summed E-state index contributed by atoms with van der Waals surface area (Å²) in [6.07, 6.45) is 5.85. The molecule has 0 spiro atoms. The van der Waals surface area contributed by atoms with Crippen LogP contribution in [0.5, 0.6) is 0 Å². The molecule has 0 aliphatic carbocycles. The minimum Gasteiger partial charge on any atom is -0.479 e. The van der Waals surface area contributed by atoms with Gasteiger partial charge in [-0.15, -0.1) is 0 Å². The number of carboxylic acids is 1. The van der Waals surface area contributed by atoms with Crippen LogP contribution in [0.3, 0.4) is 0 Å². The van der Waals surface area contributed by atoms with Gasteiger partial charge in [0.25, 0.3) is 0 Å². The van der Waals surface area contributed by atoms with Gasteiger partial charge >= 0.3 is 5.97 Å². The summed E-state index contributed by atoms with van der Waals surface area (Å²) in [7, 11) is 1.82. The molecule has 8 nitrogen and oxygen atoms in total. The molecule has 0 bridgehead atoms. The maximum Gasteiger partial charge on any atom is 0.330 e. The van der Waals surface area contributed by atoms with E-state index in [9.17, 15) is 9.90 Å². The van der Waals surface area contributed by atoms with E-state index in [0.29, 0.717) is 31.9 Å². The Bertz CT molecular complexity index is 692. The van der Waals surface area contributed by atoms with Crippen LogP contribution in [0, 0.1) is 6.92 Å². The normalized spacial score (nSPS) is 17.0. The van der Waals surface area contributed by atoms with Crippen LogP contribution in [-0.2, 0) is 10.3 Å². The molecule has 8 heteroatoms. The third-order valence-corrected chi connectivity index (χ3v) is 4.37. The van der Waals surface area contributed by atoms with Crippen molar-refractivity contribution in [1.29, 1.82) is 0 Å². The van der Waals surface area contributed by atoms with Crippen LogP contribution < -0.4 is 10.2 Å². The van der Waals surface area contributed by atoms with Gasteiger partial charge in [0.1, 0.15) is 11.4 Å². The monoisotopic (exact) mass is 316 g/mol. The van der Waals surface area contributed by atoms with Gasteiger partial charge in [-0.05, 0) is 19.8 Å². The van der Waals surface area contributed by atoms with Crippen LogP contribution >= 0.6 is 0 Å². The smallest absolute Gasteiger partial charge is 0.330 e. The number of piperidine rings is 1. The second-order valence-electron chi connectivity index (χ2n) is 5.74. The van der Waals surface area contributed by atoms with E-state index >= 15 is 0 Å². The second kappa shape index (κ2) is 5.86. The van der Waals surface area contributed by atoms with E-state index in [2.05, 4.69) is 20.3 Å². The van der Waals surface area contributed by atoms with Crippen LogP contribution in [0.15, 0.2) is 24.8 Å². The van der Waals surface area contributed by atoms with Crippen molar-refractivity contribution < 1.29 is 9.90 Å². The van der Waals surface area contributed by atoms with Crippen LogP contribution in [0.2, 0.25) is 0 Å². The lowest BCUT2D eigenvalue weighted by Gasteiger charge is -2.39. The molecule has 23 heavy (non-hydrogen) atoms. The van der Waals surface area contributed by atoms with Crippen LogP contribution in [-0.4, -0.2) is 50.7 Å². The van der Waals surface area contributed by atoms with E-state index in [-0.39, 0.29) is 0 Å². The van der Waals surface area contributed by atoms with Gasteiger partial charge in [-0.25, -0.2) is 14.8 Å². The van der Waals surface area contributed by atoms with Crippen molar-refractivity contribution in [3.8, 4) is 0 Å². The molecule has 0 atom stereocenters. The summed E-state index contributed by atoms with van der Waals surface area (Å²) in [6.45, 7) is 3.08. The van der Waals surface area contributed by atoms with Crippen molar-refractivity contribution in [1.82, 2.24) is 19.5 Å². The first kappa shape index (κ1) is 15.3. The van der Waals surface area contributed by atoms with Crippen molar-refractivity contribution in [2.45, 2.75) is 25.3 Å². The molecule has 1 aliphatic heterocycles. The number of carbonyl (C=O) groups is 1. The average molecular weight is 316 g/mol. The lowest BCUT2D eigenvalue weighted by Crippen LogP contribution is -2.51. The number of carboxylic acid groups (broad SMARTS) is 1. The fourth-order valence-corrected chi connectivity index (χ4v) is 2.99. The van der Waals surface area contributed by atoms with Gasteiger partial charge in [0.15, 0.2) is 0 Å². The largest absolute Gasteiger partial charge is 0.479 e. The summed E-state index contributed by atoms with van der Waals surface area (Å²) >= 11 is 0. The summed E-state index contributed by atoms with van der Waals surface area (Å²) in [6, 6.07) is 1.88. The molecule has 0 amide bonds. The highest BCUT2D eigenvalue weighted by Crippen LogP contribution is 2.32. The molecule has 0 radical (unpaired) electrons. The number of aromatic nitrogens is 4. The maximum absolute atomic E-state index is 11.9. The average Bonchev–Trinajstić information content (AvgIpc) is 3.09. The van der Waals surface area contributed by atoms with Crippen molar-refractivity contribution in [3.63, 3.8) is 0 Å². The summed E-state index contributed by atoms with van der Waals surface area (Å²) in [5, 5.41) is 12.8. The first-order valence-corrected chi connectivity index (χ1v) is 7.55. The fourth-order valence-electron chi connectivity index (χ4n) is 2.99. The molecule has 1 fully saturated rings. The predicted molar refractivity (Wildman–Crippen MR) is 85.6 cm³/mol. The Hall–Kier alpha value is -2.64. The fraction of sp³-hybridized carbons (Fsp3) is 0.467. The van der Waals surface area contributed by atoms with E-state index in [4.69, 9.17) is 0 Å². The van der Waals surface area contributed by atoms with E-state index in [1.807, 2.05) is 24.9 Å². The number of anilines is 2. The molecular formula is C15H20N6O2. The molecule has 1 saturated heterocycles. The third-order valence-electron chi connectivity index (χ3n) is 4.37. The van der Waals surface area contributed by atoms with Crippen molar-refractivity contribution in [2.24, 2.45) is 0 Å². The quantitative estimate of drug-likeness (QED) is 0.872. The first-order chi connectivity index (χ1) is 11.0. The highest BCUT2D eigenvalue weighted by molar-refractivity contribution is 5.77. The van der Waals surface area contributed by atoms with Crippen molar-refractivity contribution in [3.05, 3.63) is 30.5 Å². The van der Waals surface area contributed by atoms with Crippen LogP contribution in [0.1, 0.15) is 18.5 Å². The van der Waals surface area contributed by atoms with Gasteiger partial charge in [0.2, 0.25) is 5.95 Å². The maximum atomic E-state index is 11.9. The molecule has 2 N–H and O–H groups in total. The summed E-state index contributed by atoms with van der Waals surface area (Å²) in [5.41, 5.74) is -0.0631. The zero-order valence-electron chi connectivity index (χ0n) is 13.2. The molecular weight excluding hydrogens is 296 g/mol. The molecule has 1 aliphatic rings. The molecule has 2 aromatic heterocycles. The number of hydrogen-bond acceptors (Lipinski definition) is 6. The first-order valence-electron chi connectivity index (χ1n) is 7.55. The van der Waals surface area contributed by atoms with Gasteiger partial charge in [-0.1, -0.05) is 0 Å². The number of nitrogens with zero attached hydrogens (tertiary/aromatic N) is 5. The Labute approximate surface area is 134 Å². The highest BCUT2D eigenvalue weighted by atomic mass is 16.4. The Balaban J connectivity index is 1.82. The van der Waals surface area contributed by atoms with E-state index in [1.54, 1.807) is 23.3 Å². The standard InChI is InChI=1S/C15H20N6O2/c1-11-9-12(16-2)19-14(18-11)20-6-3-15(4-7-20,13(22)23)21-8-5-17-10-21/h5,8-10H,3-4,6-7H2,1-2H3,(H,22,23)(H,16,18,19). The molecule has 0 unspecified atom stereocenters. The topological polar surface area (TPSA) is 96.2 Å². The lowest BCUT2D eigenvalue weighted by molar-refractivity contribution is -0.148. The number of rotatable bonds is 4. The van der Waals surface area contributed by atoms with E-state index < -0.39 is 11.5 Å². The van der Waals surface area contributed by atoms with Gasteiger partial charge in [0, 0.05) is 44.3 Å². The zero-order chi connectivity index (χ0) is 16.4. The predicted octanol–water partition coefficient (Wildman–Crippen LogP) is 1.10. The van der Waals surface area contributed by atoms with Gasteiger partial charge in [-0.2, -0.15) is 4.98 Å². The Morgan fingerprint density at radius 3 is 2.65 bits per heavy atom. The Morgan fingerprint density at radius 2 is 2.09 bits per heavy atom. The summed E-state index contributed by atoms with van der Waals surface area (Å²) < 4.78 is 1.70. The van der Waals surface area contributed by atoms with Gasteiger partial charge in [0.05, 0.1) is 6.33 Å².